The second-order valence-electron chi connectivity index (χ2n) is 11.0. The summed E-state index contributed by atoms with van der Waals surface area (Å²) in [5.41, 5.74) is 2.95. The first-order chi connectivity index (χ1) is 19.2. The lowest BCUT2D eigenvalue weighted by Crippen LogP contribution is -2.49. The van der Waals surface area contributed by atoms with Gasteiger partial charge in [-0.15, -0.1) is 0 Å². The molecule has 214 valence electrons. The van der Waals surface area contributed by atoms with Crippen molar-refractivity contribution >= 4 is 34.6 Å². The van der Waals surface area contributed by atoms with Gasteiger partial charge in [0.1, 0.15) is 17.7 Å². The van der Waals surface area contributed by atoms with Gasteiger partial charge in [-0.1, -0.05) is 37.8 Å². The van der Waals surface area contributed by atoms with Crippen molar-refractivity contribution in [3.63, 3.8) is 0 Å². The fourth-order valence-corrected chi connectivity index (χ4v) is 6.55. The summed E-state index contributed by atoms with van der Waals surface area (Å²) in [6.45, 7) is 15.8. The Morgan fingerprint density at radius 3 is 2.77 bits per heavy atom. The number of nitrogens with zero attached hydrogens (tertiary/aromatic N) is 6. The Morgan fingerprint density at radius 2 is 2.05 bits per heavy atom. The molecule has 0 saturated carbocycles. The molecule has 3 atom stereocenters. The lowest BCUT2D eigenvalue weighted by molar-refractivity contribution is -0.126. The fraction of sp³-hybridized carbons (Fsp3) is 0.500. The van der Waals surface area contributed by atoms with Gasteiger partial charge in [-0.25, -0.2) is 3.11 Å². The summed E-state index contributed by atoms with van der Waals surface area (Å²) in [4.78, 5) is 28.5. The van der Waals surface area contributed by atoms with Crippen molar-refractivity contribution in [2.24, 2.45) is 11.3 Å². The molecule has 9 nitrogen and oxygen atoms in total. The highest BCUT2D eigenvalue weighted by Gasteiger charge is 2.41. The third-order valence-corrected chi connectivity index (χ3v) is 9.36. The summed E-state index contributed by atoms with van der Waals surface area (Å²) in [7, 11) is 0. The topological polar surface area (TPSA) is 85.3 Å². The molecule has 40 heavy (non-hydrogen) atoms. The maximum Gasteiger partial charge on any atom is 0.318 e. The molecule has 0 bridgehead atoms. The normalized spacial score (nSPS) is 24.7. The van der Waals surface area contributed by atoms with Crippen LogP contribution in [-0.2, 0) is 17.8 Å². The molecule has 1 aromatic rings. The minimum absolute atomic E-state index is 0.0337. The minimum atomic E-state index is -0.236. The highest BCUT2D eigenvalue weighted by atomic mass is 127. The number of carbonyl (C=O) groups is 1. The quantitative estimate of drug-likeness (QED) is 0.253. The van der Waals surface area contributed by atoms with Crippen LogP contribution in [-0.4, -0.2) is 85.8 Å². The first kappa shape index (κ1) is 28.7. The van der Waals surface area contributed by atoms with Gasteiger partial charge in [-0.05, 0) is 38.5 Å². The van der Waals surface area contributed by atoms with Crippen LogP contribution in [0.25, 0.3) is 0 Å². The van der Waals surface area contributed by atoms with Gasteiger partial charge >= 0.3 is 6.01 Å². The summed E-state index contributed by atoms with van der Waals surface area (Å²) in [5.74, 6) is 1.28. The number of amides is 1. The molecule has 0 radical (unpaired) electrons. The van der Waals surface area contributed by atoms with Gasteiger partial charge in [-0.3, -0.25) is 4.79 Å². The fourth-order valence-electron chi connectivity index (χ4n) is 6.00. The Kier molecular flexibility index (Phi) is 8.55. The van der Waals surface area contributed by atoms with E-state index in [0.717, 1.165) is 48.8 Å². The zero-order chi connectivity index (χ0) is 28.4. The molecule has 2 unspecified atom stereocenters. The number of hydrogen-bond donors (Lipinski definition) is 1. The van der Waals surface area contributed by atoms with E-state index in [2.05, 4.69) is 74.4 Å². The molecule has 10 heteroatoms. The second-order valence-corrected chi connectivity index (χ2v) is 12.4. The monoisotopic (exact) mass is 658 g/mol. The van der Waals surface area contributed by atoms with Crippen LogP contribution in [0.5, 0.6) is 6.01 Å². The van der Waals surface area contributed by atoms with Gasteiger partial charge < -0.3 is 24.5 Å². The van der Waals surface area contributed by atoms with Crippen molar-refractivity contribution in [2.45, 2.75) is 39.8 Å². The zero-order valence-corrected chi connectivity index (χ0v) is 25.7. The molecule has 1 aromatic heterocycles. The number of rotatable bonds is 8. The molecule has 3 heterocycles. The van der Waals surface area contributed by atoms with Crippen molar-refractivity contribution in [2.75, 3.05) is 50.7 Å². The summed E-state index contributed by atoms with van der Waals surface area (Å²) < 4.78 is 8.47. The Bertz CT molecular complexity index is 1270. The number of fused-ring (bicyclic) bond motifs is 2. The molecule has 2 aliphatic heterocycles. The van der Waals surface area contributed by atoms with Gasteiger partial charge in [0.15, 0.2) is 0 Å². The summed E-state index contributed by atoms with van der Waals surface area (Å²) in [6, 6.07) is 0.388. The van der Waals surface area contributed by atoms with Gasteiger partial charge in [0.2, 0.25) is 5.91 Å². The van der Waals surface area contributed by atoms with Crippen LogP contribution >= 0.6 is 22.9 Å². The van der Waals surface area contributed by atoms with Gasteiger partial charge in [-0.2, -0.15) is 9.97 Å². The first-order valence-electron chi connectivity index (χ1n) is 14.1. The number of aromatic nitrogens is 2. The molecule has 1 saturated heterocycles. The molecule has 2 aliphatic carbocycles. The molecular weight excluding hydrogens is 619 g/mol. The predicted molar refractivity (Wildman–Crippen MR) is 165 cm³/mol. The van der Waals surface area contributed by atoms with Crippen LogP contribution in [0.1, 0.15) is 32.0 Å². The lowest BCUT2D eigenvalue weighted by Gasteiger charge is -2.45. The smallest absolute Gasteiger partial charge is 0.318 e. The predicted octanol–water partition coefficient (Wildman–Crippen LogP) is 4.20. The van der Waals surface area contributed by atoms with E-state index in [4.69, 9.17) is 14.7 Å². The average Bonchev–Trinajstić information content (AvgIpc) is 2.95. The number of ether oxygens (including phenoxy) is 1. The third kappa shape index (κ3) is 5.79. The van der Waals surface area contributed by atoms with Crippen molar-refractivity contribution in [3.8, 4) is 6.01 Å². The van der Waals surface area contributed by atoms with E-state index in [1.807, 2.05) is 30.1 Å². The highest BCUT2D eigenvalue weighted by Crippen LogP contribution is 2.47. The number of allylic oxidation sites excluding steroid dienone is 6. The standard InChI is InChI=1S/C30H39IN6O3/c1-5-27(39)34-13-15-35(16-14-34)28-24-10-12-36(26-18-23(38)17-22-9-7-8-11-30(22,26)4)20-25(24)32-29(33-28)40-21(3)19-37(31)6-2/h5,7-9,11,17-18,21-22,38H,1,6,10,12-16,19-20H2,2-4H3/t21-,22?,30?/m1/s1. The van der Waals surface area contributed by atoms with Gasteiger partial charge in [0.25, 0.3) is 0 Å². The van der Waals surface area contributed by atoms with Crippen LogP contribution in [0.3, 0.4) is 0 Å². The first-order valence-corrected chi connectivity index (χ1v) is 15.1. The maximum atomic E-state index is 12.2. The average molecular weight is 659 g/mol. The maximum absolute atomic E-state index is 12.2. The van der Waals surface area contributed by atoms with Crippen molar-refractivity contribution < 1.29 is 14.6 Å². The molecule has 1 N–H and O–H groups in total. The number of anilines is 1. The van der Waals surface area contributed by atoms with E-state index in [-0.39, 0.29) is 23.3 Å². The SMILES string of the molecule is C=CC(=O)N1CCN(c2nc(O[C@H](C)CN(I)CC)nc3c2CCN(C2=CC(O)=CC4C=CC=CC24C)C3)CC1. The molecule has 5 rings (SSSR count). The molecular formula is C30H39IN6O3. The van der Waals surface area contributed by atoms with Crippen LogP contribution in [0, 0.1) is 11.3 Å². The van der Waals surface area contributed by atoms with Gasteiger partial charge in [0, 0.05) is 91.3 Å². The summed E-state index contributed by atoms with van der Waals surface area (Å²) >= 11 is 2.31. The Hall–Kier alpha value is -2.86. The second kappa shape index (κ2) is 11.9. The molecule has 1 fully saturated rings. The van der Waals surface area contributed by atoms with E-state index in [0.29, 0.717) is 44.5 Å². The van der Waals surface area contributed by atoms with E-state index in [1.165, 1.54) is 6.08 Å². The number of carbonyl (C=O) groups excluding carboxylic acids is 1. The lowest BCUT2D eigenvalue weighted by atomic mass is 9.68. The Balaban J connectivity index is 1.45. The van der Waals surface area contributed by atoms with E-state index < -0.39 is 0 Å². The molecule has 0 aromatic carbocycles. The van der Waals surface area contributed by atoms with Crippen molar-refractivity contribution in [3.05, 3.63) is 71.8 Å². The van der Waals surface area contributed by atoms with Crippen LogP contribution < -0.4 is 9.64 Å². The Morgan fingerprint density at radius 1 is 1.27 bits per heavy atom. The molecule has 0 spiro atoms. The number of piperazine rings is 1. The number of halogens is 1. The summed E-state index contributed by atoms with van der Waals surface area (Å²) in [6.07, 6.45) is 14.4. The summed E-state index contributed by atoms with van der Waals surface area (Å²) in [5, 5.41) is 10.6. The zero-order valence-electron chi connectivity index (χ0n) is 23.6. The minimum Gasteiger partial charge on any atom is -0.508 e. The van der Waals surface area contributed by atoms with E-state index >= 15 is 0 Å². The molecule has 4 aliphatic rings. The van der Waals surface area contributed by atoms with Crippen molar-refractivity contribution in [1.82, 2.24) is 22.9 Å². The van der Waals surface area contributed by atoms with Gasteiger partial charge in [0.05, 0.1) is 12.2 Å². The largest absolute Gasteiger partial charge is 0.508 e. The third-order valence-electron chi connectivity index (χ3n) is 8.29. The van der Waals surface area contributed by atoms with Crippen LogP contribution in [0.4, 0.5) is 5.82 Å². The van der Waals surface area contributed by atoms with E-state index in [1.54, 1.807) is 0 Å². The number of hydrogen-bond acceptors (Lipinski definition) is 8. The number of likely N-dealkylation sites (N-methyl/N-ethyl adjacent to an activating group) is 1. The number of aliphatic hydroxyl groups excluding tert-OH is 1. The number of aliphatic hydroxyl groups is 1. The van der Waals surface area contributed by atoms with Crippen LogP contribution in [0.15, 0.2) is 60.6 Å². The van der Waals surface area contributed by atoms with Crippen molar-refractivity contribution in [1.29, 1.82) is 0 Å². The Labute approximate surface area is 251 Å². The highest BCUT2D eigenvalue weighted by molar-refractivity contribution is 14.1. The van der Waals surface area contributed by atoms with Crippen LogP contribution in [0.2, 0.25) is 0 Å². The molecule has 1 amide bonds. The van der Waals surface area contributed by atoms with E-state index in [9.17, 15) is 9.90 Å².